The zero-order valence-electron chi connectivity index (χ0n) is 14.5. The van der Waals surface area contributed by atoms with Gasteiger partial charge < -0.3 is 10.6 Å². The first-order valence-electron chi connectivity index (χ1n) is 8.34. The number of hydrogen-bond acceptors (Lipinski definition) is 4. The molecule has 1 aliphatic rings. The Balaban J connectivity index is 1.76. The van der Waals surface area contributed by atoms with Gasteiger partial charge in [-0.3, -0.25) is 9.59 Å². The van der Waals surface area contributed by atoms with Gasteiger partial charge in [0.1, 0.15) is 5.82 Å². The Bertz CT molecular complexity index is 986. The molecule has 0 spiro atoms. The summed E-state index contributed by atoms with van der Waals surface area (Å²) in [6.07, 6.45) is 0.0877. The van der Waals surface area contributed by atoms with Crippen molar-refractivity contribution in [3.63, 3.8) is 0 Å². The standard InChI is InChI=1S/C20H15ClFN3O2S/c21-16-3-1-2-4-17(16)24-19(27)11-28-20-15(10-23)14(9-18(26)25-20)12-5-7-13(22)8-6-12/h1-8,14H,9,11H2,(H,24,27)(H,25,26)/t14-/m0/s1. The van der Waals surface area contributed by atoms with Crippen LogP contribution in [-0.2, 0) is 9.59 Å². The Labute approximate surface area is 170 Å². The lowest BCUT2D eigenvalue weighted by molar-refractivity contribution is -0.121. The molecule has 2 amide bonds. The number of carbonyl (C=O) groups excluding carboxylic acids is 2. The number of anilines is 1. The molecule has 8 heteroatoms. The maximum absolute atomic E-state index is 13.2. The fourth-order valence-corrected chi connectivity index (χ4v) is 3.86. The van der Waals surface area contributed by atoms with E-state index in [-0.39, 0.29) is 24.0 Å². The summed E-state index contributed by atoms with van der Waals surface area (Å²) in [6, 6.07) is 14.7. The second-order valence-electron chi connectivity index (χ2n) is 6.03. The first-order valence-corrected chi connectivity index (χ1v) is 9.71. The number of nitriles is 1. The van der Waals surface area contributed by atoms with Crippen molar-refractivity contribution in [1.29, 1.82) is 5.26 Å². The molecule has 1 atom stereocenters. The highest BCUT2D eigenvalue weighted by Crippen LogP contribution is 2.36. The smallest absolute Gasteiger partial charge is 0.234 e. The average molecular weight is 416 g/mol. The summed E-state index contributed by atoms with van der Waals surface area (Å²) in [4.78, 5) is 24.3. The van der Waals surface area contributed by atoms with E-state index in [4.69, 9.17) is 11.6 Å². The number of nitrogens with one attached hydrogen (secondary N) is 2. The summed E-state index contributed by atoms with van der Waals surface area (Å²) in [5.74, 6) is -1.46. The number of rotatable bonds is 5. The minimum absolute atomic E-state index is 0.0118. The van der Waals surface area contributed by atoms with Crippen molar-refractivity contribution >= 4 is 40.9 Å². The molecule has 2 N–H and O–H groups in total. The molecular weight excluding hydrogens is 401 g/mol. The third-order valence-corrected chi connectivity index (χ3v) is 5.47. The Kier molecular flexibility index (Phi) is 6.34. The molecule has 2 aromatic carbocycles. The highest BCUT2D eigenvalue weighted by molar-refractivity contribution is 8.03. The van der Waals surface area contributed by atoms with Crippen molar-refractivity contribution in [3.8, 4) is 6.07 Å². The van der Waals surface area contributed by atoms with Gasteiger partial charge in [0.2, 0.25) is 11.8 Å². The number of para-hydroxylation sites is 1. The van der Waals surface area contributed by atoms with Crippen LogP contribution in [0.25, 0.3) is 0 Å². The molecule has 0 saturated carbocycles. The van der Waals surface area contributed by atoms with Crippen molar-refractivity contribution < 1.29 is 14.0 Å². The van der Waals surface area contributed by atoms with Gasteiger partial charge in [0, 0.05) is 12.3 Å². The number of hydrogen-bond donors (Lipinski definition) is 2. The van der Waals surface area contributed by atoms with E-state index < -0.39 is 11.7 Å². The van der Waals surface area contributed by atoms with Crippen LogP contribution >= 0.6 is 23.4 Å². The van der Waals surface area contributed by atoms with Crippen molar-refractivity contribution in [2.75, 3.05) is 11.1 Å². The van der Waals surface area contributed by atoms with Crippen LogP contribution < -0.4 is 10.6 Å². The van der Waals surface area contributed by atoms with Crippen LogP contribution in [0.4, 0.5) is 10.1 Å². The number of halogens is 2. The molecule has 0 aliphatic carbocycles. The predicted molar refractivity (Wildman–Crippen MR) is 107 cm³/mol. The van der Waals surface area contributed by atoms with Gasteiger partial charge in [-0.15, -0.1) is 0 Å². The molecule has 5 nitrogen and oxygen atoms in total. The number of amides is 2. The largest absolute Gasteiger partial charge is 0.324 e. The lowest BCUT2D eigenvalue weighted by Gasteiger charge is -2.25. The van der Waals surface area contributed by atoms with Crippen LogP contribution in [0, 0.1) is 17.1 Å². The Morgan fingerprint density at radius 2 is 2.00 bits per heavy atom. The molecule has 3 rings (SSSR count). The molecule has 142 valence electrons. The van der Waals surface area contributed by atoms with Crippen LogP contribution in [0.2, 0.25) is 5.02 Å². The van der Waals surface area contributed by atoms with Gasteiger partial charge >= 0.3 is 0 Å². The second kappa shape index (κ2) is 8.91. The average Bonchev–Trinajstić information content (AvgIpc) is 2.68. The Morgan fingerprint density at radius 1 is 1.29 bits per heavy atom. The van der Waals surface area contributed by atoms with Crippen LogP contribution in [-0.4, -0.2) is 17.6 Å². The minimum Gasteiger partial charge on any atom is -0.324 e. The van der Waals surface area contributed by atoms with E-state index in [2.05, 4.69) is 16.7 Å². The van der Waals surface area contributed by atoms with Crippen molar-refractivity contribution in [2.24, 2.45) is 0 Å². The predicted octanol–water partition coefficient (Wildman–Crippen LogP) is 4.19. The molecule has 0 unspecified atom stereocenters. The summed E-state index contributed by atoms with van der Waals surface area (Å²) >= 11 is 7.09. The van der Waals surface area contributed by atoms with E-state index in [0.29, 0.717) is 26.9 Å². The first-order chi connectivity index (χ1) is 13.5. The maximum Gasteiger partial charge on any atom is 0.234 e. The number of thioether (sulfide) groups is 1. The molecule has 1 aliphatic heterocycles. The van der Waals surface area contributed by atoms with Crippen molar-refractivity contribution in [2.45, 2.75) is 12.3 Å². The number of carbonyl (C=O) groups is 2. The zero-order chi connectivity index (χ0) is 20.1. The lowest BCUT2D eigenvalue weighted by Crippen LogP contribution is -2.31. The van der Waals surface area contributed by atoms with E-state index in [0.717, 1.165) is 11.8 Å². The highest BCUT2D eigenvalue weighted by atomic mass is 35.5. The minimum atomic E-state index is -0.478. The first kappa shape index (κ1) is 19.9. The van der Waals surface area contributed by atoms with Crippen molar-refractivity contribution in [1.82, 2.24) is 5.32 Å². The molecule has 0 bridgehead atoms. The van der Waals surface area contributed by atoms with Crippen LogP contribution in [0.1, 0.15) is 17.9 Å². The molecule has 0 aromatic heterocycles. The SMILES string of the molecule is N#CC1=C(SCC(=O)Nc2ccccc2Cl)NC(=O)C[C@H]1c1ccc(F)cc1. The maximum atomic E-state index is 13.2. The fourth-order valence-electron chi connectivity index (χ4n) is 2.80. The molecule has 2 aromatic rings. The van der Waals surface area contributed by atoms with Gasteiger partial charge in [0.25, 0.3) is 0 Å². The molecule has 28 heavy (non-hydrogen) atoms. The summed E-state index contributed by atoms with van der Waals surface area (Å²) in [5, 5.41) is 15.7. The van der Waals surface area contributed by atoms with Crippen LogP contribution in [0.15, 0.2) is 59.1 Å². The number of nitrogens with zero attached hydrogens (tertiary/aromatic N) is 1. The Hall–Kier alpha value is -2.82. The van der Waals surface area contributed by atoms with Gasteiger partial charge in [0.05, 0.1) is 33.1 Å². The topological polar surface area (TPSA) is 82.0 Å². The van der Waals surface area contributed by atoms with Gasteiger partial charge in [-0.25, -0.2) is 4.39 Å². The summed E-state index contributed by atoms with van der Waals surface area (Å²) in [5.41, 5.74) is 1.51. The third-order valence-electron chi connectivity index (χ3n) is 4.12. The summed E-state index contributed by atoms with van der Waals surface area (Å²) < 4.78 is 13.2. The molecular formula is C20H15ClFN3O2S. The normalized spacial score (nSPS) is 16.3. The molecule has 0 fully saturated rings. The van der Waals surface area contributed by atoms with Gasteiger partial charge in [-0.05, 0) is 29.8 Å². The van der Waals surface area contributed by atoms with Crippen LogP contribution in [0.3, 0.4) is 0 Å². The van der Waals surface area contributed by atoms with E-state index in [9.17, 15) is 19.2 Å². The number of benzene rings is 2. The summed E-state index contributed by atoms with van der Waals surface area (Å²) in [6.45, 7) is 0. The van der Waals surface area contributed by atoms with Gasteiger partial charge in [0.15, 0.2) is 0 Å². The Morgan fingerprint density at radius 3 is 2.68 bits per heavy atom. The summed E-state index contributed by atoms with van der Waals surface area (Å²) in [7, 11) is 0. The van der Waals surface area contributed by atoms with Crippen molar-refractivity contribution in [3.05, 3.63) is 75.5 Å². The van der Waals surface area contributed by atoms with E-state index in [1.54, 1.807) is 36.4 Å². The quantitative estimate of drug-likeness (QED) is 0.767. The molecule has 0 saturated heterocycles. The van der Waals surface area contributed by atoms with E-state index in [1.165, 1.54) is 12.1 Å². The van der Waals surface area contributed by atoms with Gasteiger partial charge in [-0.1, -0.05) is 47.6 Å². The highest BCUT2D eigenvalue weighted by Gasteiger charge is 2.29. The fraction of sp³-hybridized carbons (Fsp3) is 0.150. The van der Waals surface area contributed by atoms with E-state index in [1.807, 2.05) is 0 Å². The third kappa shape index (κ3) is 4.71. The lowest BCUT2D eigenvalue weighted by atomic mass is 9.87. The van der Waals surface area contributed by atoms with Gasteiger partial charge in [-0.2, -0.15) is 5.26 Å². The number of allylic oxidation sites excluding steroid dienone is 1. The second-order valence-corrected chi connectivity index (χ2v) is 7.42. The zero-order valence-corrected chi connectivity index (χ0v) is 16.1. The van der Waals surface area contributed by atoms with Crippen LogP contribution in [0.5, 0.6) is 0 Å². The molecule has 1 heterocycles. The molecule has 0 radical (unpaired) electrons. The van der Waals surface area contributed by atoms with E-state index >= 15 is 0 Å². The monoisotopic (exact) mass is 415 g/mol.